The topological polar surface area (TPSA) is 46.3 Å². The van der Waals surface area contributed by atoms with E-state index in [1.807, 2.05) is 6.07 Å². The van der Waals surface area contributed by atoms with Gasteiger partial charge in [-0.25, -0.2) is 0 Å². The van der Waals surface area contributed by atoms with Crippen LogP contribution in [0.1, 0.15) is 22.0 Å². The fourth-order valence-corrected chi connectivity index (χ4v) is 2.01. The van der Waals surface area contributed by atoms with Gasteiger partial charge in [0, 0.05) is 24.2 Å². The Hall–Kier alpha value is -1.06. The van der Waals surface area contributed by atoms with Crippen LogP contribution in [0.3, 0.4) is 0 Å². The number of benzene rings is 1. The fraction of sp³-hybridized carbons (Fsp3) is 0.300. The van der Waals surface area contributed by atoms with Crippen LogP contribution in [-0.4, -0.2) is 24.4 Å². The second-order valence-corrected chi connectivity index (χ2v) is 3.84. The van der Waals surface area contributed by atoms with Gasteiger partial charge >= 0.3 is 0 Å². The highest BCUT2D eigenvalue weighted by Gasteiger charge is 2.32. The van der Waals surface area contributed by atoms with Crippen molar-refractivity contribution in [3.05, 3.63) is 34.3 Å². The number of halogens is 1. The van der Waals surface area contributed by atoms with Crippen molar-refractivity contribution in [2.24, 2.45) is 5.73 Å². The lowest BCUT2D eigenvalue weighted by molar-refractivity contribution is 0.0778. The zero-order valence-electron chi connectivity index (χ0n) is 7.83. The minimum absolute atomic E-state index is 0.0205. The van der Waals surface area contributed by atoms with Gasteiger partial charge in [-0.05, 0) is 23.8 Å². The molecule has 4 heteroatoms. The van der Waals surface area contributed by atoms with Crippen molar-refractivity contribution in [1.82, 2.24) is 4.90 Å². The van der Waals surface area contributed by atoms with Crippen LogP contribution in [0.25, 0.3) is 0 Å². The second kappa shape index (κ2) is 3.26. The van der Waals surface area contributed by atoms with Gasteiger partial charge in [-0.15, -0.1) is 0 Å². The van der Waals surface area contributed by atoms with Crippen LogP contribution < -0.4 is 5.73 Å². The maximum Gasteiger partial charge on any atom is 0.254 e. The Morgan fingerprint density at radius 3 is 2.93 bits per heavy atom. The average molecular weight is 211 g/mol. The lowest BCUT2D eigenvalue weighted by atomic mass is 10.1. The first-order chi connectivity index (χ1) is 6.65. The van der Waals surface area contributed by atoms with E-state index in [1.165, 1.54) is 0 Å². The van der Waals surface area contributed by atoms with Crippen LogP contribution >= 0.6 is 11.6 Å². The standard InChI is InChI=1S/C10H11ClN2O/c1-13-9(5-12)8-4-6(11)2-3-7(8)10(13)14/h2-4,9H,5,12H2,1H3/t9-/m1/s1. The summed E-state index contributed by atoms with van der Waals surface area (Å²) in [4.78, 5) is 13.4. The monoisotopic (exact) mass is 210 g/mol. The van der Waals surface area contributed by atoms with Crippen molar-refractivity contribution in [1.29, 1.82) is 0 Å². The highest BCUT2D eigenvalue weighted by Crippen LogP contribution is 2.33. The summed E-state index contributed by atoms with van der Waals surface area (Å²) in [6.45, 7) is 0.426. The van der Waals surface area contributed by atoms with Gasteiger partial charge in [0.05, 0.1) is 6.04 Å². The summed E-state index contributed by atoms with van der Waals surface area (Å²) < 4.78 is 0. The molecule has 14 heavy (non-hydrogen) atoms. The van der Waals surface area contributed by atoms with Crippen molar-refractivity contribution in [2.75, 3.05) is 13.6 Å². The second-order valence-electron chi connectivity index (χ2n) is 3.40. The predicted octanol–water partition coefficient (Wildman–Crippen LogP) is 1.43. The lowest BCUT2D eigenvalue weighted by Gasteiger charge is -2.18. The number of amides is 1. The maximum absolute atomic E-state index is 11.7. The molecule has 0 fully saturated rings. The third-order valence-electron chi connectivity index (χ3n) is 2.61. The van der Waals surface area contributed by atoms with E-state index in [0.717, 1.165) is 5.56 Å². The number of rotatable bonds is 1. The minimum Gasteiger partial charge on any atom is -0.333 e. The molecule has 1 atom stereocenters. The molecular weight excluding hydrogens is 200 g/mol. The molecule has 1 aliphatic rings. The molecule has 2 N–H and O–H groups in total. The van der Waals surface area contributed by atoms with Crippen LogP contribution in [0.2, 0.25) is 5.02 Å². The molecule has 1 amide bonds. The van der Waals surface area contributed by atoms with Crippen molar-refractivity contribution in [3.8, 4) is 0 Å². The summed E-state index contributed by atoms with van der Waals surface area (Å²) in [7, 11) is 1.76. The zero-order valence-corrected chi connectivity index (χ0v) is 8.58. The van der Waals surface area contributed by atoms with Gasteiger partial charge < -0.3 is 10.6 Å². The van der Waals surface area contributed by atoms with Crippen LogP contribution in [-0.2, 0) is 0 Å². The highest BCUT2D eigenvalue weighted by atomic mass is 35.5. The molecule has 0 bridgehead atoms. The molecule has 0 aliphatic carbocycles. The number of nitrogens with zero attached hydrogens (tertiary/aromatic N) is 1. The molecule has 3 nitrogen and oxygen atoms in total. The first kappa shape index (κ1) is 9.49. The third-order valence-corrected chi connectivity index (χ3v) is 2.85. The van der Waals surface area contributed by atoms with Gasteiger partial charge in [0.2, 0.25) is 0 Å². The van der Waals surface area contributed by atoms with Gasteiger partial charge in [-0.3, -0.25) is 4.79 Å². The molecule has 2 rings (SSSR count). The summed E-state index contributed by atoms with van der Waals surface area (Å²) >= 11 is 5.87. The summed E-state index contributed by atoms with van der Waals surface area (Å²) in [5.41, 5.74) is 7.27. The predicted molar refractivity (Wildman–Crippen MR) is 55.3 cm³/mol. The summed E-state index contributed by atoms with van der Waals surface area (Å²) in [5.74, 6) is 0.0205. The van der Waals surface area contributed by atoms with E-state index < -0.39 is 0 Å². The largest absolute Gasteiger partial charge is 0.333 e. The van der Waals surface area contributed by atoms with Crippen LogP contribution in [0.5, 0.6) is 0 Å². The molecule has 0 saturated carbocycles. The van der Waals surface area contributed by atoms with Crippen molar-refractivity contribution < 1.29 is 4.79 Å². The molecule has 1 aromatic rings. The smallest absolute Gasteiger partial charge is 0.254 e. The first-order valence-electron chi connectivity index (χ1n) is 4.42. The van der Waals surface area contributed by atoms with Crippen molar-refractivity contribution in [3.63, 3.8) is 0 Å². The van der Waals surface area contributed by atoms with E-state index in [1.54, 1.807) is 24.1 Å². The van der Waals surface area contributed by atoms with Crippen molar-refractivity contribution >= 4 is 17.5 Å². The van der Waals surface area contributed by atoms with Crippen LogP contribution in [0.4, 0.5) is 0 Å². The highest BCUT2D eigenvalue weighted by molar-refractivity contribution is 6.30. The molecule has 1 heterocycles. The normalized spacial score (nSPS) is 20.1. The van der Waals surface area contributed by atoms with E-state index in [0.29, 0.717) is 17.1 Å². The van der Waals surface area contributed by atoms with E-state index in [2.05, 4.69) is 0 Å². The average Bonchev–Trinajstić information content (AvgIpc) is 2.39. The number of carbonyl (C=O) groups is 1. The fourth-order valence-electron chi connectivity index (χ4n) is 1.83. The molecule has 1 aliphatic heterocycles. The van der Waals surface area contributed by atoms with Gasteiger partial charge in [0.25, 0.3) is 5.91 Å². The lowest BCUT2D eigenvalue weighted by Crippen LogP contribution is -2.28. The molecule has 0 spiro atoms. The van der Waals surface area contributed by atoms with Crippen LogP contribution in [0, 0.1) is 0 Å². The SMILES string of the molecule is CN1C(=O)c2ccc(Cl)cc2[C@H]1CN. The van der Waals surface area contributed by atoms with Crippen LogP contribution in [0.15, 0.2) is 18.2 Å². The summed E-state index contributed by atoms with van der Waals surface area (Å²) in [5, 5.41) is 0.644. The number of likely N-dealkylation sites (N-methyl/N-ethyl adjacent to an activating group) is 1. The Kier molecular flexibility index (Phi) is 2.21. The molecule has 1 aromatic carbocycles. The van der Waals surface area contributed by atoms with Crippen molar-refractivity contribution in [2.45, 2.75) is 6.04 Å². The quantitative estimate of drug-likeness (QED) is 0.762. The van der Waals surface area contributed by atoms with E-state index in [9.17, 15) is 4.79 Å². The number of hydrogen-bond donors (Lipinski definition) is 1. The minimum atomic E-state index is -0.0313. The molecule has 0 radical (unpaired) electrons. The number of nitrogens with two attached hydrogens (primary N) is 1. The van der Waals surface area contributed by atoms with E-state index in [4.69, 9.17) is 17.3 Å². The number of carbonyl (C=O) groups excluding carboxylic acids is 1. The van der Waals surface area contributed by atoms with Gasteiger partial charge in [0.15, 0.2) is 0 Å². The molecule has 0 unspecified atom stereocenters. The Bertz CT molecular complexity index is 392. The molecule has 74 valence electrons. The Labute approximate surface area is 87.4 Å². The Balaban J connectivity index is 2.56. The van der Waals surface area contributed by atoms with Gasteiger partial charge in [0.1, 0.15) is 0 Å². The van der Waals surface area contributed by atoms with Gasteiger partial charge in [-0.1, -0.05) is 11.6 Å². The Morgan fingerprint density at radius 2 is 2.29 bits per heavy atom. The summed E-state index contributed by atoms with van der Waals surface area (Å²) in [6, 6.07) is 5.27. The molecule has 0 aromatic heterocycles. The number of fused-ring (bicyclic) bond motifs is 1. The summed E-state index contributed by atoms with van der Waals surface area (Å²) in [6.07, 6.45) is 0. The van der Waals surface area contributed by atoms with Gasteiger partial charge in [-0.2, -0.15) is 0 Å². The van der Waals surface area contributed by atoms with E-state index >= 15 is 0 Å². The molecular formula is C10H11ClN2O. The Morgan fingerprint density at radius 1 is 1.57 bits per heavy atom. The number of hydrogen-bond acceptors (Lipinski definition) is 2. The third kappa shape index (κ3) is 1.21. The first-order valence-corrected chi connectivity index (χ1v) is 4.79. The zero-order chi connectivity index (χ0) is 10.3. The van der Waals surface area contributed by atoms with E-state index in [-0.39, 0.29) is 11.9 Å². The maximum atomic E-state index is 11.7. The molecule has 0 saturated heterocycles.